The van der Waals surface area contributed by atoms with E-state index in [2.05, 4.69) is 0 Å². The van der Waals surface area contributed by atoms with Crippen molar-refractivity contribution < 1.29 is 14.0 Å². The normalized spacial score (nSPS) is 26.3. The van der Waals surface area contributed by atoms with Gasteiger partial charge in [0.05, 0.1) is 1.37 Å². The molecule has 0 heterocycles. The van der Waals surface area contributed by atoms with Crippen LogP contribution in [0.5, 0.6) is 0 Å². The monoisotopic (exact) mass is 126 g/mol. The van der Waals surface area contributed by atoms with Crippen LogP contribution in [-0.4, -0.2) is 22.9 Å². The van der Waals surface area contributed by atoms with Crippen molar-refractivity contribution in [2.24, 2.45) is 5.73 Å². The zero-order chi connectivity index (χ0) is 8.58. The highest BCUT2D eigenvalue weighted by Crippen LogP contribution is 1.80. The lowest BCUT2D eigenvalue weighted by molar-refractivity contribution is -0.137. The molecular formula is C3H6ClNO2. The Morgan fingerprint density at radius 3 is 2.86 bits per heavy atom. The van der Waals surface area contributed by atoms with Gasteiger partial charge < -0.3 is 10.8 Å². The van der Waals surface area contributed by atoms with E-state index in [1.54, 1.807) is 0 Å². The number of carboxylic acid groups (broad SMARTS) is 1. The first-order valence-corrected chi connectivity index (χ1v) is 1.78. The van der Waals surface area contributed by atoms with Crippen LogP contribution in [0.15, 0.2) is 0 Å². The lowest BCUT2D eigenvalue weighted by Gasteiger charge is -1.95. The van der Waals surface area contributed by atoms with Crippen molar-refractivity contribution in [3.63, 3.8) is 0 Å². The molecule has 42 valence electrons. The summed E-state index contributed by atoms with van der Waals surface area (Å²) >= 11 is 4.86. The summed E-state index contributed by atoms with van der Waals surface area (Å²) in [5.74, 6) is -4.56. The van der Waals surface area contributed by atoms with Crippen LogP contribution in [0.25, 0.3) is 0 Å². The minimum atomic E-state index is -2.80. The summed E-state index contributed by atoms with van der Waals surface area (Å²) in [6, 6.07) is -2.80. The van der Waals surface area contributed by atoms with E-state index in [1.807, 2.05) is 0 Å². The van der Waals surface area contributed by atoms with Gasteiger partial charge in [-0.3, -0.25) is 4.79 Å². The largest absolute Gasteiger partial charge is 0.480 e. The second-order valence-corrected chi connectivity index (χ2v) is 1.00. The molecule has 0 aliphatic rings. The van der Waals surface area contributed by atoms with Gasteiger partial charge >= 0.3 is 5.97 Å². The zero-order valence-electron chi connectivity index (χ0n) is 6.31. The Labute approximate surface area is 50.3 Å². The SMILES string of the molecule is [2H]C([2H])(Cl)C([2H])(N)C(=O)O. The minimum absolute atomic E-state index is 1.80. The fraction of sp³-hybridized carbons (Fsp3) is 0.667. The van der Waals surface area contributed by atoms with Gasteiger partial charge in [-0.05, 0) is 0 Å². The molecule has 0 saturated carbocycles. The summed E-state index contributed by atoms with van der Waals surface area (Å²) in [6.45, 7) is 0. The van der Waals surface area contributed by atoms with Gasteiger partial charge in [-0.1, -0.05) is 0 Å². The number of aliphatic carboxylic acids is 1. The van der Waals surface area contributed by atoms with Crippen molar-refractivity contribution in [3.8, 4) is 0 Å². The third kappa shape index (κ3) is 2.42. The van der Waals surface area contributed by atoms with Gasteiger partial charge in [-0.25, -0.2) is 0 Å². The fourth-order valence-corrected chi connectivity index (χ4v) is 0.121. The van der Waals surface area contributed by atoms with Crippen molar-refractivity contribution in [2.45, 2.75) is 6.02 Å². The van der Waals surface area contributed by atoms with Gasteiger partial charge in [0.2, 0.25) is 0 Å². The van der Waals surface area contributed by atoms with Crippen LogP contribution >= 0.6 is 11.6 Å². The maximum atomic E-state index is 10.0. The van der Waals surface area contributed by atoms with Crippen molar-refractivity contribution >= 4 is 17.6 Å². The Morgan fingerprint density at radius 1 is 2.43 bits per heavy atom. The molecule has 0 bridgehead atoms. The zero-order valence-corrected chi connectivity index (χ0v) is 4.07. The predicted molar refractivity (Wildman–Crippen MR) is 26.3 cm³/mol. The van der Waals surface area contributed by atoms with Crippen molar-refractivity contribution in [1.82, 2.24) is 0 Å². The molecule has 0 rings (SSSR count). The number of nitrogens with two attached hydrogens (primary N) is 1. The molecular weight excluding hydrogens is 117 g/mol. The molecule has 0 aromatic heterocycles. The molecule has 4 heteroatoms. The van der Waals surface area contributed by atoms with Gasteiger partial charge in [0.15, 0.2) is 0 Å². The number of hydrogen-bond acceptors (Lipinski definition) is 2. The van der Waals surface area contributed by atoms with Gasteiger partial charge in [-0.15, -0.1) is 11.6 Å². The molecule has 1 atom stereocenters. The van der Waals surface area contributed by atoms with Gasteiger partial charge in [0.1, 0.15) is 6.02 Å². The second kappa shape index (κ2) is 2.82. The molecule has 0 aromatic carbocycles. The third-order valence-corrected chi connectivity index (χ3v) is 0.536. The van der Waals surface area contributed by atoms with Crippen molar-refractivity contribution in [2.75, 3.05) is 5.83 Å². The highest BCUT2D eigenvalue weighted by Gasteiger charge is 2.07. The predicted octanol–water partition coefficient (Wildman–Crippen LogP) is -0.363. The standard InChI is InChI=1S/C3H6ClNO2/c4-1-2(5)3(6)7/h2H,1,5H2,(H,6,7)/i1D2,2D. The van der Waals surface area contributed by atoms with Gasteiger partial charge in [0, 0.05) is 8.57 Å². The van der Waals surface area contributed by atoms with Gasteiger partial charge in [0.25, 0.3) is 0 Å². The van der Waals surface area contributed by atoms with Crippen LogP contribution in [0, 0.1) is 0 Å². The summed E-state index contributed by atoms with van der Waals surface area (Å²) in [5.41, 5.74) is 4.70. The number of alkyl halides is 1. The van der Waals surface area contributed by atoms with Crippen LogP contribution in [0.1, 0.15) is 4.11 Å². The Morgan fingerprint density at radius 2 is 2.86 bits per heavy atom. The summed E-state index contributed by atoms with van der Waals surface area (Å²) < 4.78 is 19.9. The molecule has 0 aliphatic carbocycles. The highest BCUT2D eigenvalue weighted by molar-refractivity contribution is 6.19. The van der Waals surface area contributed by atoms with E-state index in [9.17, 15) is 4.79 Å². The average molecular weight is 127 g/mol. The molecule has 3 N–H and O–H groups in total. The molecule has 1 unspecified atom stereocenters. The Hall–Kier alpha value is -0.280. The first kappa shape index (κ1) is 2.89. The Balaban J connectivity index is 4.57. The van der Waals surface area contributed by atoms with E-state index < -0.39 is 17.8 Å². The number of hydrogen-bond donors (Lipinski definition) is 2. The molecule has 0 fully saturated rings. The summed E-state index contributed by atoms with van der Waals surface area (Å²) in [6.07, 6.45) is 0. The van der Waals surface area contributed by atoms with E-state index in [4.69, 9.17) is 26.6 Å². The molecule has 0 saturated heterocycles. The molecule has 0 aromatic rings. The third-order valence-electron chi connectivity index (χ3n) is 0.332. The van der Waals surface area contributed by atoms with E-state index in [0.29, 0.717) is 0 Å². The maximum Gasteiger partial charge on any atom is 0.321 e. The first-order chi connectivity index (χ1) is 4.19. The first-order valence-electron chi connectivity index (χ1n) is 2.91. The van der Waals surface area contributed by atoms with Crippen molar-refractivity contribution in [3.05, 3.63) is 0 Å². The molecule has 3 nitrogen and oxygen atoms in total. The number of carbonyl (C=O) groups is 1. The van der Waals surface area contributed by atoms with Gasteiger partial charge in [-0.2, -0.15) is 0 Å². The summed E-state index contributed by atoms with van der Waals surface area (Å²) in [4.78, 5) is 10.0. The van der Waals surface area contributed by atoms with E-state index >= 15 is 0 Å². The highest BCUT2D eigenvalue weighted by atomic mass is 35.5. The molecule has 0 radical (unpaired) electrons. The van der Waals surface area contributed by atoms with E-state index in [1.165, 1.54) is 0 Å². The quantitative estimate of drug-likeness (QED) is 0.497. The molecule has 0 amide bonds. The smallest absolute Gasteiger partial charge is 0.321 e. The van der Waals surface area contributed by atoms with Crippen molar-refractivity contribution in [1.29, 1.82) is 0 Å². The van der Waals surface area contributed by atoms with Crippen LogP contribution in [0.4, 0.5) is 0 Å². The van der Waals surface area contributed by atoms with E-state index in [0.717, 1.165) is 0 Å². The lowest BCUT2D eigenvalue weighted by atomic mass is 10.4. The molecule has 0 spiro atoms. The van der Waals surface area contributed by atoms with Crippen LogP contribution in [-0.2, 0) is 4.79 Å². The maximum absolute atomic E-state index is 10.0. The Bertz CT molecular complexity index is 154. The molecule has 0 aliphatic heterocycles. The van der Waals surface area contributed by atoms with Crippen LogP contribution in [0.3, 0.4) is 0 Å². The Kier molecular flexibility index (Phi) is 1.17. The second-order valence-electron chi connectivity index (χ2n) is 0.813. The van der Waals surface area contributed by atoms with E-state index in [-0.39, 0.29) is 0 Å². The van der Waals surface area contributed by atoms with Crippen LogP contribution < -0.4 is 5.73 Å². The minimum Gasteiger partial charge on any atom is -0.480 e. The average Bonchev–Trinajstić information content (AvgIpc) is 1.62. The number of halogens is 1. The summed E-state index contributed by atoms with van der Waals surface area (Å²) in [5, 5.41) is 8.14. The topological polar surface area (TPSA) is 63.3 Å². The number of rotatable bonds is 2. The molecule has 7 heavy (non-hydrogen) atoms. The fourth-order valence-electron chi connectivity index (χ4n) is 0.0404. The van der Waals surface area contributed by atoms with Crippen LogP contribution in [0.2, 0.25) is 0 Å². The number of carboxylic acids is 1. The summed E-state index contributed by atoms with van der Waals surface area (Å²) in [7, 11) is 0. The lowest BCUT2D eigenvalue weighted by Crippen LogP contribution is -2.31.